The zero-order valence-electron chi connectivity index (χ0n) is 8.98. The van der Waals surface area contributed by atoms with Gasteiger partial charge in [-0.1, -0.05) is 28.9 Å². The van der Waals surface area contributed by atoms with Crippen LogP contribution in [0.2, 0.25) is 0 Å². The van der Waals surface area contributed by atoms with E-state index in [1.54, 1.807) is 0 Å². The third-order valence-corrected chi connectivity index (χ3v) is 3.41. The number of carbonyl (C=O) groups excluding carboxylic acids is 1. The van der Waals surface area contributed by atoms with E-state index in [9.17, 15) is 4.79 Å². The van der Waals surface area contributed by atoms with Crippen molar-refractivity contribution in [2.45, 2.75) is 13.5 Å². The minimum atomic E-state index is -0.267. The minimum Gasteiger partial charge on any atom is -0.369 e. The van der Waals surface area contributed by atoms with Crippen molar-refractivity contribution in [3.8, 4) is 0 Å². The highest BCUT2D eigenvalue weighted by Gasteiger charge is 2.11. The van der Waals surface area contributed by atoms with Crippen molar-refractivity contribution in [3.05, 3.63) is 34.9 Å². The molecule has 2 rings (SSSR count). The maximum Gasteiger partial charge on any atom is 0.222 e. The van der Waals surface area contributed by atoms with Gasteiger partial charge in [-0.2, -0.15) is 0 Å². The van der Waals surface area contributed by atoms with Crippen molar-refractivity contribution in [2.75, 3.05) is 0 Å². The number of hydrogen-bond acceptors (Lipinski definition) is 1. The lowest BCUT2D eigenvalue weighted by molar-refractivity contribution is -0.121. The summed E-state index contributed by atoms with van der Waals surface area (Å²) in [7, 11) is 0. The first-order chi connectivity index (χ1) is 7.59. The Morgan fingerprint density at radius 1 is 1.50 bits per heavy atom. The van der Waals surface area contributed by atoms with Crippen LogP contribution in [-0.2, 0) is 11.3 Å². The molecule has 0 aliphatic rings. The number of carbonyl (C=O) groups is 1. The molecule has 0 saturated heterocycles. The van der Waals surface area contributed by atoms with Crippen LogP contribution in [0.5, 0.6) is 0 Å². The molecule has 1 atom stereocenters. The molecule has 3 nitrogen and oxygen atoms in total. The van der Waals surface area contributed by atoms with Gasteiger partial charge in [0.05, 0.1) is 5.92 Å². The molecule has 0 aliphatic heterocycles. The number of halogens is 1. The Labute approximate surface area is 102 Å². The molecule has 1 heterocycles. The third kappa shape index (κ3) is 1.97. The normalized spacial score (nSPS) is 12.9. The number of nitrogens with zero attached hydrogens (tertiary/aromatic N) is 1. The molecule has 2 aromatic rings. The van der Waals surface area contributed by atoms with Gasteiger partial charge in [0, 0.05) is 28.1 Å². The van der Waals surface area contributed by atoms with Crippen molar-refractivity contribution in [2.24, 2.45) is 11.7 Å². The van der Waals surface area contributed by atoms with Gasteiger partial charge in [-0.3, -0.25) is 4.79 Å². The Kier molecular flexibility index (Phi) is 3.01. The largest absolute Gasteiger partial charge is 0.369 e. The smallest absolute Gasteiger partial charge is 0.222 e. The van der Waals surface area contributed by atoms with E-state index in [1.165, 1.54) is 0 Å². The number of rotatable bonds is 3. The van der Waals surface area contributed by atoms with Crippen molar-refractivity contribution in [3.63, 3.8) is 0 Å². The fourth-order valence-corrected chi connectivity index (χ4v) is 2.22. The van der Waals surface area contributed by atoms with Crippen LogP contribution >= 0.6 is 15.9 Å². The zero-order valence-corrected chi connectivity index (χ0v) is 10.6. The monoisotopic (exact) mass is 280 g/mol. The number of nitrogens with two attached hydrogens (primary N) is 1. The fourth-order valence-electron chi connectivity index (χ4n) is 1.73. The molecule has 0 saturated carbocycles. The lowest BCUT2D eigenvalue weighted by Crippen LogP contribution is -2.24. The number of fused-ring (bicyclic) bond motifs is 1. The predicted octanol–water partition coefficient (Wildman–Crippen LogP) is 2.53. The highest BCUT2D eigenvalue weighted by molar-refractivity contribution is 9.10. The van der Waals surface area contributed by atoms with Crippen molar-refractivity contribution in [1.82, 2.24) is 4.57 Å². The van der Waals surface area contributed by atoms with E-state index in [2.05, 4.69) is 20.5 Å². The molecule has 2 N–H and O–H groups in total. The van der Waals surface area contributed by atoms with Gasteiger partial charge < -0.3 is 10.3 Å². The predicted molar refractivity (Wildman–Crippen MR) is 68.0 cm³/mol. The molecule has 1 unspecified atom stereocenters. The summed E-state index contributed by atoms with van der Waals surface area (Å²) >= 11 is 3.50. The van der Waals surface area contributed by atoms with Crippen LogP contribution in [-0.4, -0.2) is 10.5 Å². The maximum atomic E-state index is 11.0. The van der Waals surface area contributed by atoms with Gasteiger partial charge in [0.25, 0.3) is 0 Å². The summed E-state index contributed by atoms with van der Waals surface area (Å²) in [6.07, 6.45) is 1.98. The number of benzene rings is 1. The molecule has 0 aliphatic carbocycles. The second-order valence-electron chi connectivity index (χ2n) is 3.94. The standard InChI is InChI=1S/C12H13BrN2O/c1-8(12(14)16)7-15-6-5-9-10(13)3-2-4-11(9)15/h2-6,8H,7H2,1H3,(H2,14,16). The van der Waals surface area contributed by atoms with E-state index < -0.39 is 0 Å². The van der Waals surface area contributed by atoms with Crippen LogP contribution in [0.3, 0.4) is 0 Å². The zero-order chi connectivity index (χ0) is 11.7. The van der Waals surface area contributed by atoms with Gasteiger partial charge in [-0.25, -0.2) is 0 Å². The summed E-state index contributed by atoms with van der Waals surface area (Å²) in [5.74, 6) is -0.425. The second-order valence-corrected chi connectivity index (χ2v) is 4.80. The molecular formula is C12H13BrN2O. The van der Waals surface area contributed by atoms with Gasteiger partial charge in [0.15, 0.2) is 0 Å². The highest BCUT2D eigenvalue weighted by atomic mass is 79.9. The average Bonchev–Trinajstić information content (AvgIpc) is 2.63. The van der Waals surface area contributed by atoms with Gasteiger partial charge in [0.2, 0.25) is 5.91 Å². The summed E-state index contributed by atoms with van der Waals surface area (Å²) < 4.78 is 3.12. The topological polar surface area (TPSA) is 48.0 Å². The van der Waals surface area contributed by atoms with E-state index in [4.69, 9.17) is 5.73 Å². The second kappa shape index (κ2) is 4.29. The number of hydrogen-bond donors (Lipinski definition) is 1. The summed E-state index contributed by atoms with van der Waals surface area (Å²) in [6, 6.07) is 8.06. The van der Waals surface area contributed by atoms with E-state index in [0.717, 1.165) is 15.4 Å². The Morgan fingerprint density at radius 2 is 2.25 bits per heavy atom. The van der Waals surface area contributed by atoms with Gasteiger partial charge in [0.1, 0.15) is 0 Å². The summed E-state index contributed by atoms with van der Waals surface area (Å²) in [4.78, 5) is 11.0. The summed E-state index contributed by atoms with van der Waals surface area (Å²) in [6.45, 7) is 2.46. The van der Waals surface area contributed by atoms with Crippen molar-refractivity contribution in [1.29, 1.82) is 0 Å². The van der Waals surface area contributed by atoms with E-state index in [-0.39, 0.29) is 11.8 Å². The van der Waals surface area contributed by atoms with Crippen LogP contribution in [0.25, 0.3) is 10.9 Å². The number of amides is 1. The molecule has 0 radical (unpaired) electrons. The van der Waals surface area contributed by atoms with Crippen LogP contribution < -0.4 is 5.73 Å². The first kappa shape index (κ1) is 11.2. The highest BCUT2D eigenvalue weighted by Crippen LogP contribution is 2.25. The Bertz CT molecular complexity index is 533. The van der Waals surface area contributed by atoms with Crippen LogP contribution in [0.15, 0.2) is 34.9 Å². The number of primary amides is 1. The molecule has 1 amide bonds. The van der Waals surface area contributed by atoms with E-state index in [1.807, 2.05) is 37.4 Å². The molecule has 1 aromatic carbocycles. The molecule has 0 spiro atoms. The summed E-state index contributed by atoms with van der Waals surface area (Å²) in [5, 5.41) is 1.15. The molecule has 1 aromatic heterocycles. The Morgan fingerprint density at radius 3 is 2.94 bits per heavy atom. The molecule has 0 fully saturated rings. The lowest BCUT2D eigenvalue weighted by atomic mass is 10.1. The van der Waals surface area contributed by atoms with Gasteiger partial charge in [-0.15, -0.1) is 0 Å². The molecule has 0 bridgehead atoms. The summed E-state index contributed by atoms with van der Waals surface area (Å²) in [5.41, 5.74) is 6.38. The SMILES string of the molecule is CC(Cn1ccc2c(Br)cccc21)C(N)=O. The quantitative estimate of drug-likeness (QED) is 0.923. The van der Waals surface area contributed by atoms with E-state index in [0.29, 0.717) is 6.54 Å². The first-order valence-corrected chi connectivity index (χ1v) is 5.91. The Balaban J connectivity index is 2.39. The lowest BCUT2D eigenvalue weighted by Gasteiger charge is -2.10. The van der Waals surface area contributed by atoms with Crippen molar-refractivity contribution < 1.29 is 4.79 Å². The minimum absolute atomic E-state index is 0.158. The van der Waals surface area contributed by atoms with Crippen LogP contribution in [0.4, 0.5) is 0 Å². The molecule has 4 heteroatoms. The van der Waals surface area contributed by atoms with Crippen molar-refractivity contribution >= 4 is 32.7 Å². The molecule has 84 valence electrons. The van der Waals surface area contributed by atoms with Gasteiger partial charge >= 0.3 is 0 Å². The van der Waals surface area contributed by atoms with Crippen LogP contribution in [0, 0.1) is 5.92 Å². The fraction of sp³-hybridized carbons (Fsp3) is 0.250. The molecular weight excluding hydrogens is 268 g/mol. The Hall–Kier alpha value is -1.29. The van der Waals surface area contributed by atoms with Gasteiger partial charge in [-0.05, 0) is 18.2 Å². The molecule has 16 heavy (non-hydrogen) atoms. The number of aromatic nitrogens is 1. The van der Waals surface area contributed by atoms with Crippen LogP contribution in [0.1, 0.15) is 6.92 Å². The average molecular weight is 281 g/mol. The first-order valence-electron chi connectivity index (χ1n) is 5.12. The maximum absolute atomic E-state index is 11.0. The van der Waals surface area contributed by atoms with E-state index >= 15 is 0 Å². The third-order valence-electron chi connectivity index (χ3n) is 2.72.